The van der Waals surface area contributed by atoms with Crippen LogP contribution in [0.5, 0.6) is 11.5 Å². The number of carbonyl (C=O) groups excluding carboxylic acids is 2. The molecule has 10 nitrogen and oxygen atoms in total. The van der Waals surface area contributed by atoms with Crippen molar-refractivity contribution in [3.63, 3.8) is 0 Å². The van der Waals surface area contributed by atoms with Crippen LogP contribution in [0.2, 0.25) is 0 Å². The van der Waals surface area contributed by atoms with Gasteiger partial charge in [-0.15, -0.1) is 0 Å². The number of benzene rings is 2. The van der Waals surface area contributed by atoms with Gasteiger partial charge in [0.2, 0.25) is 11.8 Å². The lowest BCUT2D eigenvalue weighted by Gasteiger charge is -2.08. The maximum atomic E-state index is 12.4. The van der Waals surface area contributed by atoms with Gasteiger partial charge in [0.15, 0.2) is 0 Å². The highest BCUT2D eigenvalue weighted by Crippen LogP contribution is 2.25. The van der Waals surface area contributed by atoms with Crippen molar-refractivity contribution in [1.29, 1.82) is 0 Å². The molecule has 4 rings (SSSR count). The molecule has 42 heavy (non-hydrogen) atoms. The predicted molar refractivity (Wildman–Crippen MR) is 167 cm³/mol. The molecule has 0 aliphatic heterocycles. The second kappa shape index (κ2) is 16.4. The molecule has 0 spiro atoms. The van der Waals surface area contributed by atoms with E-state index in [0.717, 1.165) is 96.3 Å². The van der Waals surface area contributed by atoms with E-state index in [1.807, 2.05) is 48.8 Å². The van der Waals surface area contributed by atoms with Crippen LogP contribution in [0, 0.1) is 0 Å². The number of amides is 2. The molecule has 10 heteroatoms. The SMILES string of the molecule is COc1ccc2[nH]cc(CC(=O)NCCCNCCCCNCCCNC(=O)Cc3c[nH]c4ccc(OC)cc34)c2c1. The van der Waals surface area contributed by atoms with Gasteiger partial charge < -0.3 is 40.7 Å². The molecule has 0 radical (unpaired) electrons. The highest BCUT2D eigenvalue weighted by Gasteiger charge is 2.11. The Hall–Kier alpha value is -4.02. The average molecular weight is 577 g/mol. The van der Waals surface area contributed by atoms with Gasteiger partial charge >= 0.3 is 0 Å². The highest BCUT2D eigenvalue weighted by atomic mass is 16.5. The van der Waals surface area contributed by atoms with Gasteiger partial charge in [-0.05, 0) is 99.4 Å². The molecule has 2 aromatic carbocycles. The molecule has 2 amide bonds. The standard InChI is InChI=1S/C32H44N6O4/c1-41-25-7-9-29-27(19-25)23(21-37-29)17-31(39)35-15-5-13-33-11-3-4-12-34-14-6-16-36-32(40)18-24-22-38-30-10-8-26(42-2)20-28(24)30/h7-10,19-22,33-34,37-38H,3-6,11-18H2,1-2H3,(H,35,39)(H,36,40). The topological polar surface area (TPSA) is 132 Å². The van der Waals surface area contributed by atoms with Gasteiger partial charge in [0.1, 0.15) is 11.5 Å². The Kier molecular flexibility index (Phi) is 12.1. The molecule has 0 aliphatic carbocycles. The Morgan fingerprint density at radius 3 is 1.48 bits per heavy atom. The summed E-state index contributed by atoms with van der Waals surface area (Å²) in [6.45, 7) is 5.00. The number of nitrogens with one attached hydrogen (secondary N) is 6. The molecular weight excluding hydrogens is 532 g/mol. The molecule has 0 saturated carbocycles. The van der Waals surface area contributed by atoms with Crippen LogP contribution in [0.25, 0.3) is 21.8 Å². The van der Waals surface area contributed by atoms with Crippen LogP contribution in [-0.4, -0.2) is 75.3 Å². The van der Waals surface area contributed by atoms with Crippen molar-refractivity contribution >= 4 is 33.6 Å². The maximum Gasteiger partial charge on any atom is 0.224 e. The number of rotatable bonds is 19. The van der Waals surface area contributed by atoms with E-state index in [-0.39, 0.29) is 11.8 Å². The number of unbranched alkanes of at least 4 members (excludes halogenated alkanes) is 1. The van der Waals surface area contributed by atoms with Crippen LogP contribution in [0.4, 0.5) is 0 Å². The summed E-state index contributed by atoms with van der Waals surface area (Å²) in [6.07, 6.45) is 8.46. The van der Waals surface area contributed by atoms with Crippen molar-refractivity contribution < 1.29 is 19.1 Å². The molecular formula is C32H44N6O4. The van der Waals surface area contributed by atoms with Gasteiger partial charge in [0, 0.05) is 47.3 Å². The van der Waals surface area contributed by atoms with Gasteiger partial charge in [0.05, 0.1) is 27.1 Å². The largest absolute Gasteiger partial charge is 0.497 e. The third kappa shape index (κ3) is 9.25. The fraction of sp³-hybridized carbons (Fsp3) is 0.438. The molecule has 2 aromatic heterocycles. The lowest BCUT2D eigenvalue weighted by molar-refractivity contribution is -0.121. The molecule has 0 saturated heterocycles. The molecule has 0 aliphatic rings. The Morgan fingerprint density at radius 1 is 0.619 bits per heavy atom. The van der Waals surface area contributed by atoms with E-state index >= 15 is 0 Å². The molecule has 4 aromatic rings. The number of ether oxygens (including phenoxy) is 2. The summed E-state index contributed by atoms with van der Waals surface area (Å²) in [5, 5.41) is 15.0. The molecule has 0 atom stereocenters. The average Bonchev–Trinajstić information content (AvgIpc) is 3.59. The number of fused-ring (bicyclic) bond motifs is 2. The first-order valence-corrected chi connectivity index (χ1v) is 14.8. The number of hydrogen-bond acceptors (Lipinski definition) is 6. The summed E-state index contributed by atoms with van der Waals surface area (Å²) in [7, 11) is 3.29. The third-order valence-electron chi connectivity index (χ3n) is 7.31. The van der Waals surface area contributed by atoms with E-state index in [2.05, 4.69) is 31.2 Å². The number of H-pyrrole nitrogens is 2. The van der Waals surface area contributed by atoms with E-state index < -0.39 is 0 Å². The molecule has 0 unspecified atom stereocenters. The third-order valence-corrected chi connectivity index (χ3v) is 7.31. The minimum atomic E-state index is 0.0275. The minimum absolute atomic E-state index is 0.0275. The zero-order valence-electron chi connectivity index (χ0n) is 24.7. The van der Waals surface area contributed by atoms with Crippen molar-refractivity contribution in [2.75, 3.05) is 53.5 Å². The first kappa shape index (κ1) is 30.9. The predicted octanol–water partition coefficient (Wildman–Crippen LogP) is 3.42. The Bertz CT molecular complexity index is 1320. The lowest BCUT2D eigenvalue weighted by atomic mass is 10.1. The van der Waals surface area contributed by atoms with Crippen LogP contribution in [0.1, 0.15) is 36.8 Å². The van der Waals surface area contributed by atoms with E-state index in [1.54, 1.807) is 14.2 Å². The van der Waals surface area contributed by atoms with Crippen molar-refractivity contribution in [2.45, 2.75) is 38.5 Å². The second-order valence-corrected chi connectivity index (χ2v) is 10.4. The zero-order chi connectivity index (χ0) is 29.6. The fourth-order valence-electron chi connectivity index (χ4n) is 4.96. The molecule has 0 fully saturated rings. The number of hydrogen-bond donors (Lipinski definition) is 6. The van der Waals surface area contributed by atoms with Crippen molar-refractivity contribution in [3.8, 4) is 11.5 Å². The van der Waals surface area contributed by atoms with Gasteiger partial charge in [0.25, 0.3) is 0 Å². The van der Waals surface area contributed by atoms with Gasteiger partial charge in [-0.3, -0.25) is 9.59 Å². The summed E-state index contributed by atoms with van der Waals surface area (Å²) in [5.41, 5.74) is 3.95. The van der Waals surface area contributed by atoms with Crippen molar-refractivity contribution in [2.24, 2.45) is 0 Å². The van der Waals surface area contributed by atoms with Crippen LogP contribution < -0.4 is 30.7 Å². The van der Waals surface area contributed by atoms with E-state index in [1.165, 1.54) is 0 Å². The summed E-state index contributed by atoms with van der Waals surface area (Å²) in [6, 6.07) is 11.7. The Labute approximate surface area is 247 Å². The number of aromatic nitrogens is 2. The monoisotopic (exact) mass is 576 g/mol. The molecule has 0 bridgehead atoms. The molecule has 226 valence electrons. The van der Waals surface area contributed by atoms with E-state index in [0.29, 0.717) is 25.9 Å². The highest BCUT2D eigenvalue weighted by molar-refractivity contribution is 5.90. The fourth-order valence-corrected chi connectivity index (χ4v) is 4.96. The zero-order valence-corrected chi connectivity index (χ0v) is 24.7. The summed E-state index contributed by atoms with van der Waals surface area (Å²) < 4.78 is 10.6. The van der Waals surface area contributed by atoms with Crippen LogP contribution in [-0.2, 0) is 22.4 Å². The van der Waals surface area contributed by atoms with Crippen molar-refractivity contribution in [3.05, 3.63) is 59.9 Å². The number of methoxy groups -OCH3 is 2. The van der Waals surface area contributed by atoms with E-state index in [4.69, 9.17) is 9.47 Å². The van der Waals surface area contributed by atoms with Crippen LogP contribution >= 0.6 is 0 Å². The summed E-state index contributed by atoms with van der Waals surface area (Å²) >= 11 is 0. The first-order valence-electron chi connectivity index (χ1n) is 14.8. The number of carbonyl (C=O) groups is 2. The van der Waals surface area contributed by atoms with Crippen molar-refractivity contribution in [1.82, 2.24) is 31.2 Å². The van der Waals surface area contributed by atoms with Gasteiger partial charge in [-0.25, -0.2) is 0 Å². The summed E-state index contributed by atoms with van der Waals surface area (Å²) in [4.78, 5) is 31.1. The van der Waals surface area contributed by atoms with Crippen LogP contribution in [0.3, 0.4) is 0 Å². The first-order chi connectivity index (χ1) is 20.6. The Morgan fingerprint density at radius 2 is 1.05 bits per heavy atom. The molecule has 6 N–H and O–H groups in total. The lowest BCUT2D eigenvalue weighted by Crippen LogP contribution is -2.29. The summed E-state index contributed by atoms with van der Waals surface area (Å²) in [5.74, 6) is 1.62. The minimum Gasteiger partial charge on any atom is -0.497 e. The maximum absolute atomic E-state index is 12.4. The van der Waals surface area contributed by atoms with Gasteiger partial charge in [-0.1, -0.05) is 0 Å². The second-order valence-electron chi connectivity index (χ2n) is 10.4. The van der Waals surface area contributed by atoms with Crippen LogP contribution in [0.15, 0.2) is 48.8 Å². The quantitative estimate of drug-likeness (QED) is 0.0949. The Balaban J connectivity index is 0.949. The number of aromatic amines is 2. The normalized spacial score (nSPS) is 11.2. The molecule has 2 heterocycles. The van der Waals surface area contributed by atoms with Gasteiger partial charge in [-0.2, -0.15) is 0 Å². The van der Waals surface area contributed by atoms with E-state index in [9.17, 15) is 9.59 Å². The smallest absolute Gasteiger partial charge is 0.224 e.